The monoisotopic (exact) mass is 412 g/mol. The maximum Gasteiger partial charge on any atom is 0.251 e. The molecule has 1 aliphatic heterocycles. The maximum atomic E-state index is 13.0. The van der Waals surface area contributed by atoms with Crippen LogP contribution in [0.2, 0.25) is 0 Å². The maximum absolute atomic E-state index is 13.0. The third-order valence-electron chi connectivity index (χ3n) is 5.39. The summed E-state index contributed by atoms with van der Waals surface area (Å²) in [5.41, 5.74) is 4.11. The van der Waals surface area contributed by atoms with Crippen molar-refractivity contribution in [2.24, 2.45) is 0 Å². The number of aryl methyl sites for hydroxylation is 2. The predicted octanol–water partition coefficient (Wildman–Crippen LogP) is 3.60. The predicted molar refractivity (Wildman–Crippen MR) is 116 cm³/mol. The first-order valence-corrected chi connectivity index (χ1v) is 10.7. The number of benzene rings is 2. The van der Waals surface area contributed by atoms with E-state index >= 15 is 0 Å². The first-order valence-electron chi connectivity index (χ1n) is 9.89. The molecule has 1 aromatic heterocycles. The van der Waals surface area contributed by atoms with Crippen LogP contribution in [0.3, 0.4) is 0 Å². The quantitative estimate of drug-likeness (QED) is 0.696. The molecule has 1 amide bonds. The highest BCUT2D eigenvalue weighted by molar-refractivity contribution is 7.22. The van der Waals surface area contributed by atoms with E-state index in [-0.39, 0.29) is 11.7 Å². The highest BCUT2D eigenvalue weighted by Gasteiger charge is 2.20. The second-order valence-corrected chi connectivity index (χ2v) is 8.44. The fourth-order valence-electron chi connectivity index (χ4n) is 3.58. The molecule has 5 nitrogen and oxygen atoms in total. The minimum absolute atomic E-state index is 0.163. The Balaban J connectivity index is 1.27. The highest BCUT2D eigenvalue weighted by atomic mass is 32.1. The number of carbonyl (C=O) groups excluding carboxylic acids is 1. The van der Waals surface area contributed by atoms with E-state index in [1.807, 2.05) is 0 Å². The molecule has 1 N–H and O–H groups in total. The van der Waals surface area contributed by atoms with Crippen molar-refractivity contribution < 1.29 is 9.18 Å². The molecule has 7 heteroatoms. The lowest BCUT2D eigenvalue weighted by atomic mass is 10.1. The summed E-state index contributed by atoms with van der Waals surface area (Å²) in [6.07, 6.45) is 0. The molecule has 0 unspecified atom stereocenters. The zero-order valence-electron chi connectivity index (χ0n) is 16.7. The van der Waals surface area contributed by atoms with Gasteiger partial charge in [-0.25, -0.2) is 9.37 Å². The number of rotatable bonds is 5. The number of nitrogens with one attached hydrogen (secondary N) is 1. The van der Waals surface area contributed by atoms with Crippen molar-refractivity contribution in [1.29, 1.82) is 0 Å². The van der Waals surface area contributed by atoms with Crippen molar-refractivity contribution in [2.75, 3.05) is 44.2 Å². The number of halogens is 1. The number of amides is 1. The topological polar surface area (TPSA) is 48.5 Å². The molecule has 4 rings (SSSR count). The van der Waals surface area contributed by atoms with Gasteiger partial charge >= 0.3 is 0 Å². The molecule has 29 heavy (non-hydrogen) atoms. The molecular formula is C22H25FN4OS. The van der Waals surface area contributed by atoms with Gasteiger partial charge in [0.25, 0.3) is 5.91 Å². The molecule has 2 heterocycles. The second kappa shape index (κ2) is 8.47. The van der Waals surface area contributed by atoms with Crippen LogP contribution < -0.4 is 10.2 Å². The van der Waals surface area contributed by atoms with Gasteiger partial charge in [-0.2, -0.15) is 0 Å². The SMILES string of the molecule is Cc1ccc(C)c2sc(N3CCN(CCNC(=O)c4ccc(F)cc4)CC3)nc12. The van der Waals surface area contributed by atoms with Crippen molar-refractivity contribution in [1.82, 2.24) is 15.2 Å². The van der Waals surface area contributed by atoms with Crippen LogP contribution in [-0.4, -0.2) is 55.1 Å². The van der Waals surface area contributed by atoms with E-state index < -0.39 is 0 Å². The Morgan fingerprint density at radius 3 is 2.45 bits per heavy atom. The molecule has 0 bridgehead atoms. The number of aromatic nitrogens is 1. The lowest BCUT2D eigenvalue weighted by molar-refractivity contribution is 0.0947. The summed E-state index contributed by atoms with van der Waals surface area (Å²) in [5, 5.41) is 4.01. The molecule has 0 saturated carbocycles. The smallest absolute Gasteiger partial charge is 0.251 e. The van der Waals surface area contributed by atoms with Gasteiger partial charge in [0.1, 0.15) is 5.82 Å². The summed E-state index contributed by atoms with van der Waals surface area (Å²) in [6.45, 7) is 9.40. The molecule has 0 spiro atoms. The molecule has 0 atom stereocenters. The van der Waals surface area contributed by atoms with Crippen molar-refractivity contribution in [3.8, 4) is 0 Å². The summed E-state index contributed by atoms with van der Waals surface area (Å²) >= 11 is 1.78. The third-order valence-corrected chi connectivity index (χ3v) is 6.65. The van der Waals surface area contributed by atoms with Gasteiger partial charge in [-0.1, -0.05) is 23.5 Å². The Morgan fingerprint density at radius 1 is 1.07 bits per heavy atom. The summed E-state index contributed by atoms with van der Waals surface area (Å²) in [5.74, 6) is -0.498. The summed E-state index contributed by atoms with van der Waals surface area (Å²) in [6, 6.07) is 9.92. The van der Waals surface area contributed by atoms with E-state index in [9.17, 15) is 9.18 Å². The number of nitrogens with zero attached hydrogens (tertiary/aromatic N) is 3. The normalized spacial score (nSPS) is 15.1. The number of piperazine rings is 1. The van der Waals surface area contributed by atoms with E-state index in [1.165, 1.54) is 40.1 Å². The van der Waals surface area contributed by atoms with Gasteiger partial charge in [0.05, 0.1) is 10.2 Å². The lowest BCUT2D eigenvalue weighted by Gasteiger charge is -2.34. The van der Waals surface area contributed by atoms with Gasteiger partial charge in [0.15, 0.2) is 5.13 Å². The zero-order chi connectivity index (χ0) is 20.4. The van der Waals surface area contributed by atoms with Crippen LogP contribution in [0.5, 0.6) is 0 Å². The van der Waals surface area contributed by atoms with E-state index in [1.54, 1.807) is 11.3 Å². The van der Waals surface area contributed by atoms with Crippen molar-refractivity contribution in [2.45, 2.75) is 13.8 Å². The second-order valence-electron chi connectivity index (χ2n) is 7.47. The molecule has 1 aliphatic rings. The fraction of sp³-hybridized carbons (Fsp3) is 0.364. The summed E-state index contributed by atoms with van der Waals surface area (Å²) in [4.78, 5) is 21.7. The van der Waals surface area contributed by atoms with Gasteiger partial charge in [0.2, 0.25) is 0 Å². The van der Waals surface area contributed by atoms with Crippen LogP contribution in [0.1, 0.15) is 21.5 Å². The number of hydrogen-bond acceptors (Lipinski definition) is 5. The van der Waals surface area contributed by atoms with Crippen molar-refractivity contribution in [3.05, 3.63) is 58.9 Å². The molecule has 3 aromatic rings. The summed E-state index contributed by atoms with van der Waals surface area (Å²) in [7, 11) is 0. The van der Waals surface area contributed by atoms with E-state index in [4.69, 9.17) is 4.98 Å². The highest BCUT2D eigenvalue weighted by Crippen LogP contribution is 2.33. The lowest BCUT2D eigenvalue weighted by Crippen LogP contribution is -2.48. The Morgan fingerprint density at radius 2 is 1.76 bits per heavy atom. The van der Waals surface area contributed by atoms with Crippen molar-refractivity contribution >= 4 is 32.6 Å². The van der Waals surface area contributed by atoms with Gasteiger partial charge in [-0.15, -0.1) is 0 Å². The minimum atomic E-state index is -0.335. The molecule has 0 radical (unpaired) electrons. The molecule has 0 aliphatic carbocycles. The Labute approximate surface area is 174 Å². The van der Waals surface area contributed by atoms with Gasteiger partial charge in [0, 0.05) is 44.8 Å². The molecule has 152 valence electrons. The number of hydrogen-bond donors (Lipinski definition) is 1. The van der Waals surface area contributed by atoms with Gasteiger partial charge < -0.3 is 10.2 Å². The molecule has 2 aromatic carbocycles. The third kappa shape index (κ3) is 4.41. The van der Waals surface area contributed by atoms with Crippen LogP contribution >= 0.6 is 11.3 Å². The average Bonchev–Trinajstić information content (AvgIpc) is 3.19. The number of thiazole rings is 1. The van der Waals surface area contributed by atoms with Crippen LogP contribution in [0.15, 0.2) is 36.4 Å². The molecular weight excluding hydrogens is 387 g/mol. The largest absolute Gasteiger partial charge is 0.351 e. The molecule has 1 fully saturated rings. The summed E-state index contributed by atoms with van der Waals surface area (Å²) < 4.78 is 14.2. The number of carbonyl (C=O) groups is 1. The minimum Gasteiger partial charge on any atom is -0.351 e. The van der Waals surface area contributed by atoms with E-state index in [0.29, 0.717) is 12.1 Å². The number of fused-ring (bicyclic) bond motifs is 1. The van der Waals surface area contributed by atoms with E-state index in [0.717, 1.165) is 43.4 Å². The fourth-order valence-corrected chi connectivity index (χ4v) is 4.74. The molecule has 1 saturated heterocycles. The first-order chi connectivity index (χ1) is 14.0. The standard InChI is InChI=1S/C22H25FN4OS/c1-15-3-4-16(2)20-19(15)25-22(29-20)27-13-11-26(12-14-27)10-9-24-21(28)17-5-7-18(23)8-6-17/h3-8H,9-14H2,1-2H3,(H,24,28). The van der Waals surface area contributed by atoms with Crippen LogP contribution in [0.25, 0.3) is 10.2 Å². The first kappa shape index (κ1) is 19.8. The van der Waals surface area contributed by atoms with E-state index in [2.05, 4.69) is 41.1 Å². The average molecular weight is 413 g/mol. The van der Waals surface area contributed by atoms with Gasteiger partial charge in [-0.05, 0) is 49.2 Å². The zero-order valence-corrected chi connectivity index (χ0v) is 17.6. The van der Waals surface area contributed by atoms with Crippen LogP contribution in [0, 0.1) is 19.7 Å². The Kier molecular flexibility index (Phi) is 5.78. The number of anilines is 1. The van der Waals surface area contributed by atoms with Gasteiger partial charge in [-0.3, -0.25) is 9.69 Å². The van der Waals surface area contributed by atoms with Crippen LogP contribution in [0.4, 0.5) is 9.52 Å². The Hall–Kier alpha value is -2.51. The van der Waals surface area contributed by atoms with Crippen molar-refractivity contribution in [3.63, 3.8) is 0 Å². The van der Waals surface area contributed by atoms with Crippen LogP contribution in [-0.2, 0) is 0 Å². The Bertz CT molecular complexity index is 971.